The molecule has 1 saturated carbocycles. The molecule has 0 spiro atoms. The largest absolute Gasteiger partial charge is 0.480 e. The Morgan fingerprint density at radius 1 is 1.06 bits per heavy atom. The van der Waals surface area contributed by atoms with Gasteiger partial charge in [-0.25, -0.2) is 8.42 Å². The summed E-state index contributed by atoms with van der Waals surface area (Å²) in [6.07, 6.45) is 5.14. The Labute approximate surface area is 200 Å². The average Bonchev–Trinajstić information content (AvgIpc) is 3.31. The normalized spacial score (nSPS) is 21.8. The second-order valence-corrected chi connectivity index (χ2v) is 13.0. The number of carboxylic acid groups (broad SMARTS) is 1. The van der Waals surface area contributed by atoms with Crippen LogP contribution in [0.3, 0.4) is 0 Å². The minimum Gasteiger partial charge on any atom is -0.480 e. The van der Waals surface area contributed by atoms with E-state index in [-0.39, 0.29) is 11.4 Å². The van der Waals surface area contributed by atoms with Crippen LogP contribution < -0.4 is 5.32 Å². The van der Waals surface area contributed by atoms with Crippen LogP contribution in [0.1, 0.15) is 45.1 Å². The Bertz CT molecular complexity index is 1080. The van der Waals surface area contributed by atoms with Gasteiger partial charge in [0.25, 0.3) is 0 Å². The Hall–Kier alpha value is -1.87. The number of benzene rings is 2. The summed E-state index contributed by atoms with van der Waals surface area (Å²) in [5, 5.41) is 13.4. The number of rotatable bonds is 7. The van der Waals surface area contributed by atoms with Gasteiger partial charge in [0.15, 0.2) is 0 Å². The lowest BCUT2D eigenvalue weighted by Crippen LogP contribution is -2.58. The molecule has 2 N–H and O–H groups in total. The van der Waals surface area contributed by atoms with E-state index in [2.05, 4.69) is 29.6 Å². The van der Waals surface area contributed by atoms with E-state index in [4.69, 9.17) is 0 Å². The minimum atomic E-state index is -3.92. The zero-order valence-corrected chi connectivity index (χ0v) is 20.8. The van der Waals surface area contributed by atoms with Gasteiger partial charge >= 0.3 is 5.97 Å². The summed E-state index contributed by atoms with van der Waals surface area (Å²) in [4.78, 5) is 12.0. The lowest BCUT2D eigenvalue weighted by atomic mass is 10.0. The van der Waals surface area contributed by atoms with Crippen molar-refractivity contribution in [2.75, 3.05) is 12.3 Å². The predicted molar refractivity (Wildman–Crippen MR) is 133 cm³/mol. The average molecular weight is 489 g/mol. The molecule has 2 aromatic carbocycles. The lowest BCUT2D eigenvalue weighted by Gasteiger charge is -2.42. The first kappa shape index (κ1) is 24.3. The summed E-state index contributed by atoms with van der Waals surface area (Å²) < 4.78 is 27.1. The van der Waals surface area contributed by atoms with Gasteiger partial charge in [0.1, 0.15) is 6.04 Å². The molecule has 33 heavy (non-hydrogen) atoms. The van der Waals surface area contributed by atoms with Gasteiger partial charge in [0.2, 0.25) is 10.0 Å². The molecule has 1 atom stereocenters. The van der Waals surface area contributed by atoms with Crippen LogP contribution in [0.4, 0.5) is 0 Å². The van der Waals surface area contributed by atoms with Crippen molar-refractivity contribution in [3.8, 4) is 11.1 Å². The van der Waals surface area contributed by atoms with Gasteiger partial charge in [0.05, 0.1) is 4.90 Å². The van der Waals surface area contributed by atoms with Crippen LogP contribution in [0.15, 0.2) is 53.4 Å². The van der Waals surface area contributed by atoms with E-state index in [1.165, 1.54) is 43.0 Å². The standard InChI is InChI=1S/C25H32N2O4S2/c1-25(2)23(24(28)29)27(15-16-32-25)33(30,31)22-13-11-20(12-14-22)19-9-7-18(8-10-19)17-26-21-5-3-4-6-21/h7-14,21,23,26H,3-6,15-17H2,1-2H3,(H,28,29). The molecule has 0 amide bonds. The van der Waals surface area contributed by atoms with Gasteiger partial charge < -0.3 is 10.4 Å². The van der Waals surface area contributed by atoms with E-state index in [1.807, 2.05) is 0 Å². The molecule has 178 valence electrons. The number of sulfonamides is 1. The summed E-state index contributed by atoms with van der Waals surface area (Å²) in [6, 6.07) is 14.6. The SMILES string of the molecule is CC1(C)SCCN(S(=O)(=O)c2ccc(-c3ccc(CNC4CCCC4)cc3)cc2)C1C(=O)O. The maximum atomic E-state index is 13.3. The van der Waals surface area contributed by atoms with Crippen molar-refractivity contribution in [1.29, 1.82) is 0 Å². The van der Waals surface area contributed by atoms with Gasteiger partial charge in [-0.1, -0.05) is 49.2 Å². The van der Waals surface area contributed by atoms with Crippen molar-refractivity contribution in [1.82, 2.24) is 9.62 Å². The Morgan fingerprint density at radius 3 is 2.21 bits per heavy atom. The summed E-state index contributed by atoms with van der Waals surface area (Å²) in [5.41, 5.74) is 3.17. The third kappa shape index (κ3) is 5.29. The Kier molecular flexibility index (Phi) is 7.19. The maximum absolute atomic E-state index is 13.3. The number of hydrogen-bond acceptors (Lipinski definition) is 5. The molecule has 0 aromatic heterocycles. The number of thioether (sulfide) groups is 1. The Balaban J connectivity index is 1.48. The van der Waals surface area contributed by atoms with E-state index >= 15 is 0 Å². The fourth-order valence-electron chi connectivity index (χ4n) is 4.79. The smallest absolute Gasteiger partial charge is 0.323 e. The van der Waals surface area contributed by atoms with Gasteiger partial charge in [-0.15, -0.1) is 0 Å². The number of carboxylic acids is 1. The van der Waals surface area contributed by atoms with Crippen LogP contribution in [0.25, 0.3) is 11.1 Å². The third-order valence-corrected chi connectivity index (χ3v) is 9.90. The quantitative estimate of drug-likeness (QED) is 0.602. The maximum Gasteiger partial charge on any atom is 0.323 e. The van der Waals surface area contributed by atoms with Crippen LogP contribution in [0.2, 0.25) is 0 Å². The summed E-state index contributed by atoms with van der Waals surface area (Å²) in [5.74, 6) is -0.550. The fourth-order valence-corrected chi connectivity index (χ4v) is 7.89. The van der Waals surface area contributed by atoms with Crippen LogP contribution in [-0.2, 0) is 21.4 Å². The summed E-state index contributed by atoms with van der Waals surface area (Å²) >= 11 is 1.49. The molecular formula is C25H32N2O4S2. The monoisotopic (exact) mass is 488 g/mol. The first-order valence-electron chi connectivity index (χ1n) is 11.5. The van der Waals surface area contributed by atoms with E-state index in [0.29, 0.717) is 11.8 Å². The molecule has 4 rings (SSSR count). The van der Waals surface area contributed by atoms with Crippen LogP contribution >= 0.6 is 11.8 Å². The number of nitrogens with one attached hydrogen (secondary N) is 1. The van der Waals surface area contributed by atoms with Crippen LogP contribution in [0, 0.1) is 0 Å². The van der Waals surface area contributed by atoms with E-state index < -0.39 is 26.8 Å². The molecule has 6 nitrogen and oxygen atoms in total. The molecule has 0 bridgehead atoms. The van der Waals surface area contributed by atoms with E-state index in [0.717, 1.165) is 22.0 Å². The van der Waals surface area contributed by atoms with Crippen molar-refractivity contribution in [2.24, 2.45) is 0 Å². The zero-order chi connectivity index (χ0) is 23.6. The lowest BCUT2D eigenvalue weighted by molar-refractivity contribution is -0.142. The van der Waals surface area contributed by atoms with Crippen molar-refractivity contribution < 1.29 is 18.3 Å². The van der Waals surface area contributed by atoms with E-state index in [9.17, 15) is 18.3 Å². The third-order valence-electron chi connectivity index (χ3n) is 6.66. The topological polar surface area (TPSA) is 86.7 Å². The van der Waals surface area contributed by atoms with Gasteiger partial charge in [0, 0.05) is 29.6 Å². The van der Waals surface area contributed by atoms with Gasteiger partial charge in [-0.3, -0.25) is 4.79 Å². The van der Waals surface area contributed by atoms with Crippen LogP contribution in [-0.4, -0.2) is 52.9 Å². The summed E-state index contributed by atoms with van der Waals surface area (Å²) in [7, 11) is -3.92. The van der Waals surface area contributed by atoms with Crippen LogP contribution in [0.5, 0.6) is 0 Å². The molecular weight excluding hydrogens is 456 g/mol. The molecule has 2 aliphatic rings. The molecule has 1 aliphatic carbocycles. The molecule has 8 heteroatoms. The molecule has 2 aromatic rings. The number of carbonyl (C=O) groups is 1. The first-order chi connectivity index (χ1) is 15.7. The van der Waals surface area contributed by atoms with E-state index in [1.54, 1.807) is 38.1 Å². The van der Waals surface area contributed by atoms with Gasteiger partial charge in [-0.2, -0.15) is 16.1 Å². The molecule has 1 unspecified atom stereocenters. The first-order valence-corrected chi connectivity index (χ1v) is 13.9. The molecule has 1 saturated heterocycles. The van der Waals surface area contributed by atoms with Crippen molar-refractivity contribution in [2.45, 2.75) is 67.8 Å². The highest BCUT2D eigenvalue weighted by molar-refractivity contribution is 8.00. The van der Waals surface area contributed by atoms with Gasteiger partial charge in [-0.05, 0) is 55.5 Å². The number of aliphatic carboxylic acids is 1. The highest BCUT2D eigenvalue weighted by atomic mass is 32.2. The highest BCUT2D eigenvalue weighted by Gasteiger charge is 2.48. The number of nitrogens with zero attached hydrogens (tertiary/aromatic N) is 1. The fraction of sp³-hybridized carbons (Fsp3) is 0.480. The second kappa shape index (κ2) is 9.78. The molecule has 0 radical (unpaired) electrons. The Morgan fingerprint density at radius 2 is 1.64 bits per heavy atom. The molecule has 1 heterocycles. The zero-order valence-electron chi connectivity index (χ0n) is 19.2. The van der Waals surface area contributed by atoms with Crippen molar-refractivity contribution in [3.05, 3.63) is 54.1 Å². The highest BCUT2D eigenvalue weighted by Crippen LogP contribution is 2.38. The predicted octanol–water partition coefficient (Wildman–Crippen LogP) is 4.36. The molecule has 1 aliphatic heterocycles. The van der Waals surface area contributed by atoms with Crippen molar-refractivity contribution >= 4 is 27.8 Å². The van der Waals surface area contributed by atoms with Crippen molar-refractivity contribution in [3.63, 3.8) is 0 Å². The minimum absolute atomic E-state index is 0.123. The molecule has 2 fully saturated rings. The summed E-state index contributed by atoms with van der Waals surface area (Å²) in [6.45, 7) is 4.62. The second-order valence-electron chi connectivity index (χ2n) is 9.39. The number of hydrogen-bond donors (Lipinski definition) is 2.